The molecule has 0 atom stereocenters. The fraction of sp³-hybridized carbons (Fsp3) is 0.625. The summed E-state index contributed by atoms with van der Waals surface area (Å²) in [7, 11) is 0. The highest BCUT2D eigenvalue weighted by atomic mass is 15.0. The summed E-state index contributed by atoms with van der Waals surface area (Å²) in [5.41, 5.74) is 8.23. The first-order chi connectivity index (χ1) is 33.3. The smallest absolute Gasteiger partial charge is 0.0614 e. The molecule has 0 saturated heterocycles. The summed E-state index contributed by atoms with van der Waals surface area (Å²) >= 11 is 0. The molecule has 0 fully saturated rings. The van der Waals surface area contributed by atoms with Crippen LogP contribution < -0.4 is 0 Å². The lowest BCUT2D eigenvalue weighted by Crippen LogP contribution is -2.00. The van der Waals surface area contributed by atoms with Gasteiger partial charge in [-0.2, -0.15) is 0 Å². The molecule has 366 valence electrons. The van der Waals surface area contributed by atoms with Crippen LogP contribution in [0.3, 0.4) is 0 Å². The molecule has 0 amide bonds. The first-order valence-corrected chi connectivity index (χ1v) is 29.2. The highest BCUT2D eigenvalue weighted by molar-refractivity contribution is 6.39. The minimum absolute atomic E-state index is 1.07. The molecule has 3 heteroatoms. The molecule has 7 aromatic rings. The lowest BCUT2D eigenvalue weighted by atomic mass is 10.0. The van der Waals surface area contributed by atoms with Crippen molar-refractivity contribution in [3.05, 3.63) is 72.8 Å². The van der Waals surface area contributed by atoms with Gasteiger partial charge in [-0.05, 0) is 31.0 Å². The fourth-order valence-electron chi connectivity index (χ4n) is 12.0. The molecule has 0 bridgehead atoms. The maximum Gasteiger partial charge on any atom is 0.0614 e. The Balaban J connectivity index is 0.940. The zero-order valence-corrected chi connectivity index (χ0v) is 43.2. The maximum absolute atomic E-state index is 4.02. The highest BCUT2D eigenvalue weighted by Crippen LogP contribution is 2.47. The van der Waals surface area contributed by atoms with Crippen LogP contribution in [0.15, 0.2) is 72.8 Å². The van der Waals surface area contributed by atoms with E-state index >= 15 is 0 Å². The Morgan fingerprint density at radius 2 is 0.582 bits per heavy atom. The molecule has 4 aromatic carbocycles. The monoisotopic (exact) mass is 906 g/mol. The number of benzene rings is 4. The molecular formula is C64H95N3. The van der Waals surface area contributed by atoms with Crippen molar-refractivity contribution in [2.75, 3.05) is 0 Å². The number of unbranched alkanes of at least 4 members (excludes halogenated alkanes) is 34. The van der Waals surface area contributed by atoms with Crippen molar-refractivity contribution < 1.29 is 0 Å². The standard InChI is InChI=1S/C64H95N3/c1-3-5-7-9-11-13-15-17-19-21-23-25-27-29-31-33-35-43-51-66-57-49-41-38-46-54(57)60-62-59(53-45-37-40-48-56(53)65-62)63-61(64(60)66)55-47-39-42-50-58(55)67(63)52-44-36-34-32-30-28-26-24-22-20-18-16-14-12-10-8-6-4-2/h37-42,45-50,65H,3-36,43-44,51-52H2,1-2H3. The van der Waals surface area contributed by atoms with Gasteiger partial charge in [-0.1, -0.05) is 287 Å². The van der Waals surface area contributed by atoms with E-state index in [0.717, 1.165) is 13.1 Å². The fourth-order valence-corrected chi connectivity index (χ4v) is 12.0. The molecule has 3 heterocycles. The van der Waals surface area contributed by atoms with Crippen LogP contribution in [0.2, 0.25) is 0 Å². The van der Waals surface area contributed by atoms with Crippen LogP contribution in [0.1, 0.15) is 245 Å². The van der Waals surface area contributed by atoms with Crippen LogP contribution in [-0.4, -0.2) is 14.1 Å². The summed E-state index contributed by atoms with van der Waals surface area (Å²) in [6.07, 6.45) is 50.9. The molecule has 0 spiro atoms. The summed E-state index contributed by atoms with van der Waals surface area (Å²) in [6, 6.07) is 27.7. The van der Waals surface area contributed by atoms with E-state index in [1.807, 2.05) is 0 Å². The van der Waals surface area contributed by atoms with Gasteiger partial charge in [0, 0.05) is 62.0 Å². The molecule has 7 rings (SSSR count). The summed E-state index contributed by atoms with van der Waals surface area (Å²) in [4.78, 5) is 4.02. The second-order valence-corrected chi connectivity index (χ2v) is 21.2. The number of fused-ring (bicyclic) bond motifs is 12. The number of H-pyrrole nitrogens is 1. The van der Waals surface area contributed by atoms with Crippen molar-refractivity contribution in [1.82, 2.24) is 14.1 Å². The Labute approximate surface area is 408 Å². The van der Waals surface area contributed by atoms with Crippen LogP contribution in [0.4, 0.5) is 0 Å². The van der Waals surface area contributed by atoms with Gasteiger partial charge >= 0.3 is 0 Å². The van der Waals surface area contributed by atoms with Gasteiger partial charge in [-0.15, -0.1) is 0 Å². The van der Waals surface area contributed by atoms with Crippen LogP contribution >= 0.6 is 0 Å². The van der Waals surface area contributed by atoms with Gasteiger partial charge in [0.05, 0.1) is 16.6 Å². The number of aromatic nitrogens is 3. The molecule has 0 saturated carbocycles. The maximum atomic E-state index is 4.02. The van der Waals surface area contributed by atoms with Crippen LogP contribution in [0.5, 0.6) is 0 Å². The lowest BCUT2D eigenvalue weighted by Gasteiger charge is -2.12. The molecule has 0 unspecified atom stereocenters. The van der Waals surface area contributed by atoms with Crippen molar-refractivity contribution >= 4 is 65.4 Å². The van der Waals surface area contributed by atoms with Gasteiger partial charge in [-0.25, -0.2) is 0 Å². The Kier molecular flexibility index (Phi) is 22.4. The largest absolute Gasteiger partial charge is 0.354 e. The number of hydrogen-bond donors (Lipinski definition) is 1. The predicted molar refractivity (Wildman–Crippen MR) is 299 cm³/mol. The van der Waals surface area contributed by atoms with Crippen LogP contribution in [-0.2, 0) is 13.1 Å². The van der Waals surface area contributed by atoms with Crippen molar-refractivity contribution in [2.45, 2.75) is 258 Å². The van der Waals surface area contributed by atoms with Gasteiger partial charge < -0.3 is 14.1 Å². The third-order valence-corrected chi connectivity index (χ3v) is 15.8. The Bertz CT molecular complexity index is 2370. The van der Waals surface area contributed by atoms with E-state index in [0.29, 0.717) is 0 Å². The molecule has 3 aromatic heterocycles. The molecule has 67 heavy (non-hydrogen) atoms. The van der Waals surface area contributed by atoms with E-state index in [1.165, 1.54) is 297 Å². The quantitative estimate of drug-likeness (QED) is 0.0374. The average molecular weight is 906 g/mol. The van der Waals surface area contributed by atoms with Gasteiger partial charge in [0.2, 0.25) is 0 Å². The second-order valence-electron chi connectivity index (χ2n) is 21.2. The Morgan fingerprint density at radius 1 is 0.299 bits per heavy atom. The molecule has 0 radical (unpaired) electrons. The van der Waals surface area contributed by atoms with E-state index in [9.17, 15) is 0 Å². The topological polar surface area (TPSA) is 25.6 Å². The van der Waals surface area contributed by atoms with E-state index in [1.54, 1.807) is 0 Å². The molecule has 3 nitrogen and oxygen atoms in total. The van der Waals surface area contributed by atoms with Crippen molar-refractivity contribution in [2.24, 2.45) is 0 Å². The van der Waals surface area contributed by atoms with Gasteiger partial charge in [0.15, 0.2) is 0 Å². The van der Waals surface area contributed by atoms with E-state index in [-0.39, 0.29) is 0 Å². The summed E-state index contributed by atoms with van der Waals surface area (Å²) in [6.45, 7) is 6.77. The zero-order chi connectivity index (χ0) is 46.1. The molecular weight excluding hydrogens is 811 g/mol. The van der Waals surface area contributed by atoms with E-state index < -0.39 is 0 Å². The first-order valence-electron chi connectivity index (χ1n) is 29.2. The number of rotatable bonds is 38. The number of para-hydroxylation sites is 3. The minimum atomic E-state index is 1.07. The zero-order valence-electron chi connectivity index (χ0n) is 43.2. The van der Waals surface area contributed by atoms with Crippen LogP contribution in [0, 0.1) is 0 Å². The van der Waals surface area contributed by atoms with Gasteiger partial charge in [0.25, 0.3) is 0 Å². The van der Waals surface area contributed by atoms with E-state index in [2.05, 4.69) is 101 Å². The summed E-state index contributed by atoms with van der Waals surface area (Å²) in [5.74, 6) is 0. The molecule has 0 aliphatic carbocycles. The van der Waals surface area contributed by atoms with Crippen molar-refractivity contribution in [3.8, 4) is 0 Å². The average Bonchev–Trinajstić information content (AvgIpc) is 4.01. The lowest BCUT2D eigenvalue weighted by molar-refractivity contribution is 0.520. The first kappa shape index (κ1) is 51.1. The molecule has 0 aliphatic heterocycles. The van der Waals surface area contributed by atoms with Crippen LogP contribution in [0.25, 0.3) is 65.4 Å². The Morgan fingerprint density at radius 3 is 0.955 bits per heavy atom. The van der Waals surface area contributed by atoms with E-state index in [4.69, 9.17) is 0 Å². The predicted octanol–water partition coefficient (Wildman–Crippen LogP) is 21.6. The molecule has 1 N–H and O–H groups in total. The Hall–Kier alpha value is -3.72. The van der Waals surface area contributed by atoms with Gasteiger partial charge in [-0.3, -0.25) is 0 Å². The van der Waals surface area contributed by atoms with Crippen molar-refractivity contribution in [1.29, 1.82) is 0 Å². The number of aromatic amines is 1. The number of nitrogens with zero attached hydrogens (tertiary/aromatic N) is 2. The minimum Gasteiger partial charge on any atom is -0.354 e. The number of nitrogens with one attached hydrogen (secondary N) is 1. The SMILES string of the molecule is CCCCCCCCCCCCCCCCCCCCn1c2ccccc2c2c3[nH]c4ccccc4c3c3c(c4ccccc4n3CCCCCCCCCCCCCCCCCCCC)c21. The number of aryl methyl sites for hydroxylation is 2. The van der Waals surface area contributed by atoms with Crippen molar-refractivity contribution in [3.63, 3.8) is 0 Å². The third-order valence-electron chi connectivity index (χ3n) is 15.8. The summed E-state index contributed by atoms with van der Waals surface area (Å²) < 4.78 is 5.47. The highest BCUT2D eigenvalue weighted by Gasteiger charge is 2.25. The summed E-state index contributed by atoms with van der Waals surface area (Å²) in [5, 5.41) is 8.44. The molecule has 0 aliphatic rings. The third kappa shape index (κ3) is 14.4. The number of hydrogen-bond acceptors (Lipinski definition) is 0. The second kappa shape index (κ2) is 29.3. The normalized spacial score (nSPS) is 12.2. The van der Waals surface area contributed by atoms with Gasteiger partial charge in [0.1, 0.15) is 0 Å².